The Hall–Kier alpha value is -3.81. The van der Waals surface area contributed by atoms with E-state index in [9.17, 15) is 4.79 Å². The monoisotopic (exact) mass is 373 g/mol. The smallest absolute Gasteiger partial charge is 0.272 e. The van der Waals surface area contributed by atoms with E-state index in [4.69, 9.17) is 0 Å². The molecule has 0 saturated carbocycles. The van der Waals surface area contributed by atoms with Crippen LogP contribution in [-0.2, 0) is 14.1 Å². The van der Waals surface area contributed by atoms with Crippen LogP contribution in [-0.4, -0.2) is 42.5 Å². The van der Waals surface area contributed by atoms with Crippen LogP contribution in [0, 0.1) is 0 Å². The first-order valence-electron chi connectivity index (χ1n) is 8.73. The molecule has 0 aliphatic heterocycles. The van der Waals surface area contributed by atoms with Crippen molar-refractivity contribution in [3.05, 3.63) is 60.9 Å². The van der Waals surface area contributed by atoms with Crippen molar-refractivity contribution >= 4 is 5.91 Å². The van der Waals surface area contributed by atoms with Crippen LogP contribution in [0.2, 0.25) is 0 Å². The number of aryl methyl sites for hydroxylation is 2. The first-order valence-corrected chi connectivity index (χ1v) is 8.73. The standard InChI is InChI=1S/C20H19N7O/c1-21-20(28)18-17(12-27(3)25-18)15-8-22-19(23-9-15)14-6-4-5-13(7-14)16-10-24-26(2)11-16/h4-12H,1-3H3,(H,21,28). The molecule has 1 N–H and O–H groups in total. The number of hydrogen-bond acceptors (Lipinski definition) is 5. The summed E-state index contributed by atoms with van der Waals surface area (Å²) in [5.74, 6) is 0.365. The minimum atomic E-state index is -0.246. The summed E-state index contributed by atoms with van der Waals surface area (Å²) < 4.78 is 3.37. The van der Waals surface area contributed by atoms with Crippen LogP contribution in [0.15, 0.2) is 55.2 Å². The van der Waals surface area contributed by atoms with Crippen LogP contribution in [0.3, 0.4) is 0 Å². The molecule has 3 heterocycles. The van der Waals surface area contributed by atoms with E-state index >= 15 is 0 Å². The lowest BCUT2D eigenvalue weighted by Gasteiger charge is -2.05. The normalized spacial score (nSPS) is 10.8. The van der Waals surface area contributed by atoms with Crippen LogP contribution < -0.4 is 5.32 Å². The van der Waals surface area contributed by atoms with Crippen LogP contribution >= 0.6 is 0 Å². The van der Waals surface area contributed by atoms with Crippen molar-refractivity contribution in [1.29, 1.82) is 0 Å². The van der Waals surface area contributed by atoms with Crippen molar-refractivity contribution in [2.24, 2.45) is 14.1 Å². The average Bonchev–Trinajstić information content (AvgIpc) is 3.33. The highest BCUT2D eigenvalue weighted by Crippen LogP contribution is 2.26. The third-order valence-corrected chi connectivity index (χ3v) is 4.39. The van der Waals surface area contributed by atoms with Crippen LogP contribution in [0.1, 0.15) is 10.5 Å². The van der Waals surface area contributed by atoms with Gasteiger partial charge in [0.15, 0.2) is 11.5 Å². The number of hydrogen-bond donors (Lipinski definition) is 1. The second-order valence-corrected chi connectivity index (χ2v) is 6.42. The van der Waals surface area contributed by atoms with Gasteiger partial charge in [-0.1, -0.05) is 18.2 Å². The maximum absolute atomic E-state index is 12.0. The molecule has 0 unspecified atom stereocenters. The number of carbonyl (C=O) groups is 1. The van der Waals surface area contributed by atoms with Gasteiger partial charge in [0.1, 0.15) is 0 Å². The van der Waals surface area contributed by atoms with E-state index in [1.165, 1.54) is 0 Å². The minimum Gasteiger partial charge on any atom is -0.354 e. The van der Waals surface area contributed by atoms with Gasteiger partial charge in [-0.2, -0.15) is 10.2 Å². The molecule has 0 atom stereocenters. The zero-order valence-electron chi connectivity index (χ0n) is 15.8. The van der Waals surface area contributed by atoms with Gasteiger partial charge in [0.2, 0.25) is 0 Å². The molecule has 140 valence electrons. The zero-order valence-corrected chi connectivity index (χ0v) is 15.8. The van der Waals surface area contributed by atoms with Gasteiger partial charge in [0, 0.05) is 68.2 Å². The van der Waals surface area contributed by atoms with Crippen molar-refractivity contribution in [3.63, 3.8) is 0 Å². The van der Waals surface area contributed by atoms with E-state index in [1.54, 1.807) is 42.0 Å². The van der Waals surface area contributed by atoms with Gasteiger partial charge >= 0.3 is 0 Å². The molecule has 28 heavy (non-hydrogen) atoms. The van der Waals surface area contributed by atoms with Gasteiger partial charge in [-0.25, -0.2) is 9.97 Å². The summed E-state index contributed by atoms with van der Waals surface area (Å²) in [5.41, 5.74) is 4.76. The quantitative estimate of drug-likeness (QED) is 0.593. The van der Waals surface area contributed by atoms with Crippen molar-refractivity contribution in [2.45, 2.75) is 0 Å². The van der Waals surface area contributed by atoms with Gasteiger partial charge in [0.05, 0.1) is 6.20 Å². The number of aromatic nitrogens is 6. The molecule has 1 aromatic carbocycles. The van der Waals surface area contributed by atoms with E-state index in [1.807, 2.05) is 43.7 Å². The lowest BCUT2D eigenvalue weighted by atomic mass is 10.1. The Labute approximate surface area is 161 Å². The summed E-state index contributed by atoms with van der Waals surface area (Å²) >= 11 is 0. The van der Waals surface area contributed by atoms with Crippen LogP contribution in [0.5, 0.6) is 0 Å². The molecule has 3 aromatic heterocycles. The maximum Gasteiger partial charge on any atom is 0.272 e. The fourth-order valence-corrected chi connectivity index (χ4v) is 3.01. The molecule has 0 aliphatic rings. The Morgan fingerprint density at radius 1 is 0.929 bits per heavy atom. The number of nitrogens with one attached hydrogen (secondary N) is 1. The highest BCUT2D eigenvalue weighted by atomic mass is 16.1. The van der Waals surface area contributed by atoms with Crippen molar-refractivity contribution in [2.75, 3.05) is 7.05 Å². The summed E-state index contributed by atoms with van der Waals surface area (Å²) in [5, 5.41) is 11.0. The molecular weight excluding hydrogens is 354 g/mol. The minimum absolute atomic E-state index is 0.246. The van der Waals surface area contributed by atoms with E-state index in [0.29, 0.717) is 17.1 Å². The SMILES string of the molecule is CNC(=O)c1nn(C)cc1-c1cnc(-c2cccc(-c3cnn(C)c3)c2)nc1. The van der Waals surface area contributed by atoms with Gasteiger partial charge in [-0.3, -0.25) is 14.2 Å². The third kappa shape index (κ3) is 3.27. The topological polar surface area (TPSA) is 90.5 Å². The summed E-state index contributed by atoms with van der Waals surface area (Å²) in [7, 11) is 5.24. The number of rotatable bonds is 4. The van der Waals surface area contributed by atoms with Gasteiger partial charge in [-0.05, 0) is 11.6 Å². The molecule has 0 fully saturated rings. The fraction of sp³-hybridized carbons (Fsp3) is 0.150. The molecule has 0 radical (unpaired) electrons. The molecule has 8 heteroatoms. The second kappa shape index (κ2) is 7.07. The molecule has 0 aliphatic carbocycles. The Bertz CT molecular complexity index is 1140. The first-order chi connectivity index (χ1) is 13.5. The largest absolute Gasteiger partial charge is 0.354 e. The van der Waals surface area contributed by atoms with Crippen LogP contribution in [0.25, 0.3) is 33.6 Å². The predicted octanol–water partition coefficient (Wildman–Crippen LogP) is 2.30. The Morgan fingerprint density at radius 2 is 1.68 bits per heavy atom. The lowest BCUT2D eigenvalue weighted by molar-refractivity contribution is 0.0958. The summed E-state index contributed by atoms with van der Waals surface area (Å²) in [4.78, 5) is 21.0. The summed E-state index contributed by atoms with van der Waals surface area (Å²) in [6, 6.07) is 8.00. The van der Waals surface area contributed by atoms with E-state index in [-0.39, 0.29) is 5.91 Å². The number of amides is 1. The highest BCUT2D eigenvalue weighted by Gasteiger charge is 2.17. The van der Waals surface area contributed by atoms with Gasteiger partial charge < -0.3 is 5.32 Å². The molecule has 4 rings (SSSR count). The molecule has 0 saturated heterocycles. The van der Waals surface area contributed by atoms with E-state index in [2.05, 4.69) is 25.5 Å². The molecule has 1 amide bonds. The number of carbonyl (C=O) groups excluding carboxylic acids is 1. The molecule has 4 aromatic rings. The van der Waals surface area contributed by atoms with Gasteiger partial charge in [-0.15, -0.1) is 0 Å². The fourth-order valence-electron chi connectivity index (χ4n) is 3.01. The Balaban J connectivity index is 1.67. The molecule has 0 spiro atoms. The second-order valence-electron chi connectivity index (χ2n) is 6.42. The van der Waals surface area contributed by atoms with Crippen molar-refractivity contribution in [1.82, 2.24) is 34.8 Å². The molecule has 8 nitrogen and oxygen atoms in total. The molecular formula is C20H19N7O. The molecule has 0 bridgehead atoms. The Morgan fingerprint density at radius 3 is 2.36 bits per heavy atom. The summed E-state index contributed by atoms with van der Waals surface area (Å²) in [6.07, 6.45) is 8.99. The zero-order chi connectivity index (χ0) is 19.7. The van der Waals surface area contributed by atoms with E-state index in [0.717, 1.165) is 22.3 Å². The predicted molar refractivity (Wildman–Crippen MR) is 105 cm³/mol. The van der Waals surface area contributed by atoms with Crippen LogP contribution in [0.4, 0.5) is 0 Å². The average molecular weight is 373 g/mol. The van der Waals surface area contributed by atoms with Gasteiger partial charge in [0.25, 0.3) is 5.91 Å². The highest BCUT2D eigenvalue weighted by molar-refractivity contribution is 5.98. The third-order valence-electron chi connectivity index (χ3n) is 4.39. The van der Waals surface area contributed by atoms with Crippen molar-refractivity contribution < 1.29 is 4.79 Å². The maximum atomic E-state index is 12.0. The number of nitrogens with zero attached hydrogens (tertiary/aromatic N) is 6. The summed E-state index contributed by atoms with van der Waals surface area (Å²) in [6.45, 7) is 0. The van der Waals surface area contributed by atoms with E-state index < -0.39 is 0 Å². The number of benzene rings is 1. The Kier molecular flexibility index (Phi) is 4.44. The van der Waals surface area contributed by atoms with Crippen molar-refractivity contribution in [3.8, 4) is 33.6 Å². The lowest BCUT2D eigenvalue weighted by Crippen LogP contribution is -2.19. The first kappa shape index (κ1) is 17.6.